The fourth-order valence-corrected chi connectivity index (χ4v) is 3.33. The largest absolute Gasteiger partial charge is 0.334 e. The van der Waals surface area contributed by atoms with Crippen molar-refractivity contribution < 1.29 is 13.6 Å². The number of nitrogens with zero attached hydrogens (tertiary/aromatic N) is 3. The van der Waals surface area contributed by atoms with E-state index in [0.29, 0.717) is 6.54 Å². The maximum atomic E-state index is 12.8. The number of hydrogen-bond acceptors (Lipinski definition) is 2. The van der Waals surface area contributed by atoms with Gasteiger partial charge in [-0.1, -0.05) is 29.8 Å². The van der Waals surface area contributed by atoms with Crippen LogP contribution in [0.1, 0.15) is 40.9 Å². The van der Waals surface area contributed by atoms with E-state index in [4.69, 9.17) is 0 Å². The molecule has 1 amide bonds. The first-order chi connectivity index (χ1) is 11.5. The van der Waals surface area contributed by atoms with Crippen molar-refractivity contribution >= 4 is 5.91 Å². The molecular weight excluding hydrogens is 312 g/mol. The summed E-state index contributed by atoms with van der Waals surface area (Å²) >= 11 is 0. The number of likely N-dealkylation sites (tertiary alicyclic amines) is 1. The second kappa shape index (κ2) is 6.71. The monoisotopic (exact) mass is 333 g/mol. The van der Waals surface area contributed by atoms with E-state index in [1.165, 1.54) is 23.4 Å². The Labute approximate surface area is 140 Å². The van der Waals surface area contributed by atoms with Crippen molar-refractivity contribution in [1.29, 1.82) is 0 Å². The van der Waals surface area contributed by atoms with Gasteiger partial charge in [0.15, 0.2) is 0 Å². The number of rotatable bonds is 4. The molecule has 2 heterocycles. The Kier molecular flexibility index (Phi) is 4.64. The average Bonchev–Trinajstić information content (AvgIpc) is 3.13. The van der Waals surface area contributed by atoms with Gasteiger partial charge in [0, 0.05) is 24.7 Å². The number of hydrogen-bond donors (Lipinski definition) is 0. The van der Waals surface area contributed by atoms with Crippen LogP contribution in [0.4, 0.5) is 8.78 Å². The summed E-state index contributed by atoms with van der Waals surface area (Å²) in [5.41, 5.74) is 2.64. The zero-order valence-corrected chi connectivity index (χ0v) is 13.8. The maximum absolute atomic E-state index is 12.8. The van der Waals surface area contributed by atoms with Gasteiger partial charge in [-0.15, -0.1) is 0 Å². The predicted octanol–water partition coefficient (Wildman–Crippen LogP) is 3.47. The first-order valence-corrected chi connectivity index (χ1v) is 8.13. The van der Waals surface area contributed by atoms with Crippen molar-refractivity contribution in [3.63, 3.8) is 0 Å². The summed E-state index contributed by atoms with van der Waals surface area (Å²) in [6, 6.07) is 9.92. The van der Waals surface area contributed by atoms with E-state index in [9.17, 15) is 13.6 Å². The van der Waals surface area contributed by atoms with Crippen LogP contribution in [0.15, 0.2) is 36.5 Å². The second-order valence-electron chi connectivity index (χ2n) is 6.44. The van der Waals surface area contributed by atoms with Gasteiger partial charge in [0.25, 0.3) is 12.3 Å². The number of halogens is 2. The molecule has 0 saturated carbocycles. The minimum Gasteiger partial charge on any atom is -0.334 e. The lowest BCUT2D eigenvalue weighted by Crippen LogP contribution is -2.35. The van der Waals surface area contributed by atoms with Crippen LogP contribution in [0.25, 0.3) is 0 Å². The van der Waals surface area contributed by atoms with Crippen LogP contribution in [0, 0.1) is 6.92 Å². The number of benzene rings is 1. The molecule has 2 atom stereocenters. The Hall–Kier alpha value is -2.24. The lowest BCUT2D eigenvalue weighted by molar-refractivity contribution is 0.0720. The first kappa shape index (κ1) is 16.6. The van der Waals surface area contributed by atoms with Crippen LogP contribution in [-0.4, -0.2) is 39.6 Å². The van der Waals surface area contributed by atoms with Crippen molar-refractivity contribution in [3.8, 4) is 0 Å². The molecule has 24 heavy (non-hydrogen) atoms. The summed E-state index contributed by atoms with van der Waals surface area (Å²) in [5, 5.41) is 3.85. The first-order valence-electron chi connectivity index (χ1n) is 8.13. The van der Waals surface area contributed by atoms with E-state index >= 15 is 0 Å². The molecule has 1 aromatic heterocycles. The van der Waals surface area contributed by atoms with Crippen LogP contribution < -0.4 is 0 Å². The van der Waals surface area contributed by atoms with Gasteiger partial charge < -0.3 is 4.90 Å². The number of aryl methyl sites for hydroxylation is 1. The van der Waals surface area contributed by atoms with Crippen LogP contribution in [0.3, 0.4) is 0 Å². The predicted molar refractivity (Wildman–Crippen MR) is 87.3 cm³/mol. The zero-order valence-electron chi connectivity index (χ0n) is 13.8. The average molecular weight is 333 g/mol. The third-order valence-corrected chi connectivity index (χ3v) is 4.63. The maximum Gasteiger partial charge on any atom is 0.272 e. The Morgan fingerprint density at radius 3 is 2.67 bits per heavy atom. The smallest absolute Gasteiger partial charge is 0.272 e. The van der Waals surface area contributed by atoms with Gasteiger partial charge in [-0.2, -0.15) is 5.10 Å². The molecule has 4 nitrogen and oxygen atoms in total. The molecule has 2 aromatic rings. The highest BCUT2D eigenvalue weighted by Crippen LogP contribution is 2.32. The molecule has 0 N–H and O–H groups in total. The lowest BCUT2D eigenvalue weighted by Gasteiger charge is -2.22. The summed E-state index contributed by atoms with van der Waals surface area (Å²) in [7, 11) is 0. The van der Waals surface area contributed by atoms with Gasteiger partial charge in [0.2, 0.25) is 0 Å². The van der Waals surface area contributed by atoms with Crippen molar-refractivity contribution in [1.82, 2.24) is 14.7 Å². The highest BCUT2D eigenvalue weighted by molar-refractivity contribution is 5.93. The van der Waals surface area contributed by atoms with Crippen molar-refractivity contribution in [2.75, 3.05) is 6.54 Å². The van der Waals surface area contributed by atoms with Gasteiger partial charge in [-0.25, -0.2) is 8.78 Å². The molecule has 0 unspecified atom stereocenters. The molecule has 128 valence electrons. The SMILES string of the molecule is Cc1ccc([C@@H]2C[C@H](C)N(C(=O)c3ccnn3CC(F)F)C2)cc1. The quantitative estimate of drug-likeness (QED) is 0.859. The topological polar surface area (TPSA) is 38.1 Å². The number of amides is 1. The molecule has 1 fully saturated rings. The molecule has 1 saturated heterocycles. The van der Waals surface area contributed by atoms with E-state index in [1.54, 1.807) is 4.90 Å². The van der Waals surface area contributed by atoms with Crippen molar-refractivity contribution in [2.45, 2.75) is 45.2 Å². The van der Waals surface area contributed by atoms with Crippen molar-refractivity contribution in [3.05, 3.63) is 53.3 Å². The second-order valence-corrected chi connectivity index (χ2v) is 6.44. The molecule has 6 heteroatoms. The van der Waals surface area contributed by atoms with E-state index in [1.807, 2.05) is 13.8 Å². The zero-order chi connectivity index (χ0) is 17.3. The molecule has 0 radical (unpaired) electrons. The Morgan fingerprint density at radius 1 is 1.29 bits per heavy atom. The van der Waals surface area contributed by atoms with Gasteiger partial charge in [-0.3, -0.25) is 9.48 Å². The Bertz CT molecular complexity index is 711. The molecule has 3 rings (SSSR count). The van der Waals surface area contributed by atoms with Gasteiger partial charge in [0.05, 0.1) is 0 Å². The molecular formula is C18H21F2N3O. The number of aromatic nitrogens is 2. The molecule has 0 aliphatic carbocycles. The van der Waals surface area contributed by atoms with E-state index < -0.39 is 13.0 Å². The summed E-state index contributed by atoms with van der Waals surface area (Å²) in [6.45, 7) is 4.08. The number of carbonyl (C=O) groups is 1. The number of alkyl halides is 2. The fraction of sp³-hybridized carbons (Fsp3) is 0.444. The van der Waals surface area contributed by atoms with Gasteiger partial charge >= 0.3 is 0 Å². The van der Waals surface area contributed by atoms with Crippen LogP contribution in [0.5, 0.6) is 0 Å². The fourth-order valence-electron chi connectivity index (χ4n) is 3.33. The van der Waals surface area contributed by atoms with Crippen molar-refractivity contribution in [2.24, 2.45) is 0 Å². The van der Waals surface area contributed by atoms with Crippen LogP contribution in [0.2, 0.25) is 0 Å². The minimum absolute atomic E-state index is 0.0682. The molecule has 1 aromatic carbocycles. The van der Waals surface area contributed by atoms with Crippen LogP contribution >= 0.6 is 0 Å². The van der Waals surface area contributed by atoms with E-state index in [-0.39, 0.29) is 23.6 Å². The summed E-state index contributed by atoms with van der Waals surface area (Å²) < 4.78 is 26.3. The van der Waals surface area contributed by atoms with E-state index in [2.05, 4.69) is 29.4 Å². The molecule has 0 bridgehead atoms. The highest BCUT2D eigenvalue weighted by atomic mass is 19.3. The van der Waals surface area contributed by atoms with Crippen LogP contribution in [-0.2, 0) is 6.54 Å². The third kappa shape index (κ3) is 3.32. The molecule has 1 aliphatic rings. The highest BCUT2D eigenvalue weighted by Gasteiger charge is 2.34. The minimum atomic E-state index is -2.53. The normalized spacial score (nSPS) is 20.8. The summed E-state index contributed by atoms with van der Waals surface area (Å²) in [4.78, 5) is 14.5. The molecule has 0 spiro atoms. The van der Waals surface area contributed by atoms with Gasteiger partial charge in [0.1, 0.15) is 12.2 Å². The Balaban J connectivity index is 1.76. The summed E-state index contributed by atoms with van der Waals surface area (Å²) in [5.74, 6) is 0.0475. The van der Waals surface area contributed by atoms with Gasteiger partial charge in [-0.05, 0) is 31.9 Å². The molecule has 1 aliphatic heterocycles. The van der Waals surface area contributed by atoms with E-state index in [0.717, 1.165) is 11.1 Å². The standard InChI is InChI=1S/C18H21F2N3O/c1-12-3-5-14(6-4-12)15-9-13(2)22(10-15)18(24)16-7-8-21-23(16)11-17(19)20/h3-8,13,15,17H,9-11H2,1-2H3/t13-,15+/m0/s1. The Morgan fingerprint density at radius 2 is 2.00 bits per heavy atom. The summed E-state index contributed by atoms with van der Waals surface area (Å²) in [6.07, 6.45) is -0.265. The lowest BCUT2D eigenvalue weighted by atomic mass is 9.96. The third-order valence-electron chi connectivity index (χ3n) is 4.63. The number of carbonyl (C=O) groups excluding carboxylic acids is 1.